The number of carbonyl (C=O) groups excluding carboxylic acids is 1. The number of amides is 1. The van der Waals surface area contributed by atoms with E-state index in [2.05, 4.69) is 5.32 Å². The number of carbonyl (C=O) groups is 2. The van der Waals surface area contributed by atoms with Crippen molar-refractivity contribution in [2.24, 2.45) is 0 Å². The summed E-state index contributed by atoms with van der Waals surface area (Å²) in [6, 6.07) is 8.66. The predicted molar refractivity (Wildman–Crippen MR) is 93.0 cm³/mol. The molecule has 0 radical (unpaired) electrons. The highest BCUT2D eigenvalue weighted by Crippen LogP contribution is 2.29. The van der Waals surface area contributed by atoms with Gasteiger partial charge in [0.15, 0.2) is 6.04 Å². The number of nitrogens with one attached hydrogen (secondary N) is 1. The fourth-order valence-electron chi connectivity index (χ4n) is 2.87. The molecule has 1 heterocycles. The normalized spacial score (nSPS) is 13.3. The Labute approximate surface area is 150 Å². The Bertz CT molecular complexity index is 848. The second-order valence-electron chi connectivity index (χ2n) is 5.78. The van der Waals surface area contributed by atoms with Gasteiger partial charge in [0.05, 0.1) is 26.4 Å². The highest BCUT2D eigenvalue weighted by atomic mass is 16.5. The topological polar surface area (TPSA) is 94.1 Å². The van der Waals surface area contributed by atoms with Gasteiger partial charge >= 0.3 is 5.97 Å². The van der Waals surface area contributed by atoms with Crippen molar-refractivity contribution in [3.05, 3.63) is 53.1 Å². The van der Waals surface area contributed by atoms with Gasteiger partial charge in [-0.05, 0) is 35.4 Å². The molecule has 1 atom stereocenters. The van der Waals surface area contributed by atoms with Gasteiger partial charge < -0.3 is 24.6 Å². The van der Waals surface area contributed by atoms with Crippen LogP contribution in [0.2, 0.25) is 0 Å². The lowest BCUT2D eigenvalue weighted by molar-refractivity contribution is -0.139. The molecule has 1 amide bonds. The van der Waals surface area contributed by atoms with E-state index in [9.17, 15) is 14.7 Å². The number of carboxylic acids is 1. The van der Waals surface area contributed by atoms with Gasteiger partial charge in [0.2, 0.25) is 0 Å². The van der Waals surface area contributed by atoms with Crippen LogP contribution in [0.1, 0.15) is 27.5 Å². The smallest absolute Gasteiger partial charge is 0.330 e. The molecule has 0 spiro atoms. The molecule has 0 fully saturated rings. The molecule has 3 rings (SSSR count). The molecule has 26 heavy (non-hydrogen) atoms. The zero-order valence-corrected chi connectivity index (χ0v) is 14.4. The predicted octanol–water partition coefficient (Wildman–Crippen LogP) is 2.19. The minimum absolute atomic E-state index is 0.226. The summed E-state index contributed by atoms with van der Waals surface area (Å²) < 4.78 is 15.8. The minimum Gasteiger partial charge on any atom is -0.497 e. The summed E-state index contributed by atoms with van der Waals surface area (Å²) in [6.45, 7) is 0.575. The molecule has 136 valence electrons. The molecule has 0 saturated heterocycles. The van der Waals surface area contributed by atoms with E-state index < -0.39 is 17.9 Å². The largest absolute Gasteiger partial charge is 0.497 e. The average molecular weight is 357 g/mol. The third kappa shape index (κ3) is 3.42. The molecule has 7 heteroatoms. The summed E-state index contributed by atoms with van der Waals surface area (Å²) >= 11 is 0. The van der Waals surface area contributed by atoms with Crippen molar-refractivity contribution < 1.29 is 28.9 Å². The molecule has 2 aromatic carbocycles. The number of fused-ring (bicyclic) bond motifs is 1. The van der Waals surface area contributed by atoms with Crippen LogP contribution < -0.4 is 19.5 Å². The lowest BCUT2D eigenvalue weighted by atomic mass is 10.0. The summed E-state index contributed by atoms with van der Waals surface area (Å²) in [6.07, 6.45) is 0.718. The molecule has 2 aromatic rings. The molecule has 0 bridgehead atoms. The highest BCUT2D eigenvalue weighted by Gasteiger charge is 2.26. The molecule has 0 aromatic heterocycles. The van der Waals surface area contributed by atoms with Crippen LogP contribution in [0.15, 0.2) is 36.4 Å². The quantitative estimate of drug-likeness (QED) is 0.823. The number of rotatable bonds is 6. The van der Waals surface area contributed by atoms with Crippen molar-refractivity contribution in [1.29, 1.82) is 0 Å². The van der Waals surface area contributed by atoms with Crippen molar-refractivity contribution in [1.82, 2.24) is 5.32 Å². The molecular formula is C19H19NO6. The first kappa shape index (κ1) is 17.6. The molecule has 7 nitrogen and oxygen atoms in total. The fraction of sp³-hybridized carbons (Fsp3) is 0.263. The molecule has 0 aliphatic carbocycles. The van der Waals surface area contributed by atoms with Crippen LogP contribution in [-0.4, -0.2) is 37.8 Å². The van der Waals surface area contributed by atoms with Crippen LogP contribution in [0.3, 0.4) is 0 Å². The van der Waals surface area contributed by atoms with Crippen LogP contribution in [0, 0.1) is 0 Å². The average Bonchev–Trinajstić information content (AvgIpc) is 3.12. The first-order valence-electron chi connectivity index (χ1n) is 8.05. The maximum absolute atomic E-state index is 12.6. The van der Waals surface area contributed by atoms with Gasteiger partial charge in [-0.3, -0.25) is 4.79 Å². The van der Waals surface area contributed by atoms with Crippen LogP contribution in [-0.2, 0) is 11.2 Å². The minimum atomic E-state index is -1.18. The van der Waals surface area contributed by atoms with E-state index in [1.54, 1.807) is 30.3 Å². The third-order valence-corrected chi connectivity index (χ3v) is 4.22. The lowest BCUT2D eigenvalue weighted by Crippen LogP contribution is -2.34. The summed E-state index contributed by atoms with van der Waals surface area (Å²) in [7, 11) is 2.94. The molecule has 0 saturated carbocycles. The van der Waals surface area contributed by atoms with Gasteiger partial charge in [0, 0.05) is 12.5 Å². The lowest BCUT2D eigenvalue weighted by Gasteiger charge is -2.17. The van der Waals surface area contributed by atoms with Crippen molar-refractivity contribution in [2.75, 3.05) is 20.8 Å². The van der Waals surface area contributed by atoms with E-state index in [0.29, 0.717) is 23.7 Å². The van der Waals surface area contributed by atoms with Crippen molar-refractivity contribution in [3.63, 3.8) is 0 Å². The van der Waals surface area contributed by atoms with Gasteiger partial charge in [0.25, 0.3) is 5.91 Å². The van der Waals surface area contributed by atoms with Gasteiger partial charge in [-0.25, -0.2) is 4.79 Å². The number of benzene rings is 2. The Kier molecular flexibility index (Phi) is 4.97. The van der Waals surface area contributed by atoms with E-state index in [4.69, 9.17) is 14.2 Å². The zero-order valence-electron chi connectivity index (χ0n) is 14.4. The molecule has 1 unspecified atom stereocenters. The molecular weight excluding hydrogens is 338 g/mol. The number of methoxy groups -OCH3 is 2. The first-order valence-corrected chi connectivity index (χ1v) is 8.05. The van der Waals surface area contributed by atoms with Crippen LogP contribution >= 0.6 is 0 Å². The maximum atomic E-state index is 12.6. The summed E-state index contributed by atoms with van der Waals surface area (Å²) in [5.41, 5.74) is 1.65. The van der Waals surface area contributed by atoms with Gasteiger partial charge in [-0.1, -0.05) is 6.07 Å². The number of hydrogen-bond donors (Lipinski definition) is 2. The van der Waals surface area contributed by atoms with Crippen molar-refractivity contribution >= 4 is 11.9 Å². The van der Waals surface area contributed by atoms with E-state index in [1.165, 1.54) is 20.3 Å². The Morgan fingerprint density at radius 3 is 2.65 bits per heavy atom. The van der Waals surface area contributed by atoms with Crippen LogP contribution in [0.25, 0.3) is 0 Å². The van der Waals surface area contributed by atoms with Crippen molar-refractivity contribution in [3.8, 4) is 17.2 Å². The molecule has 1 aliphatic rings. The Hall–Kier alpha value is -3.22. The summed E-state index contributed by atoms with van der Waals surface area (Å²) in [5, 5.41) is 12.1. The van der Waals surface area contributed by atoms with E-state index in [0.717, 1.165) is 17.7 Å². The maximum Gasteiger partial charge on any atom is 0.330 e. The molecule has 2 N–H and O–H groups in total. The van der Waals surface area contributed by atoms with E-state index in [1.807, 2.05) is 0 Å². The Morgan fingerprint density at radius 2 is 1.96 bits per heavy atom. The Morgan fingerprint density at radius 1 is 1.15 bits per heavy atom. The number of hydrogen-bond acceptors (Lipinski definition) is 5. The summed E-state index contributed by atoms with van der Waals surface area (Å²) in [5.74, 6) is -0.112. The van der Waals surface area contributed by atoms with Gasteiger partial charge in [-0.15, -0.1) is 0 Å². The molecule has 1 aliphatic heterocycles. The highest BCUT2D eigenvalue weighted by molar-refractivity contribution is 5.99. The fourth-order valence-corrected chi connectivity index (χ4v) is 2.87. The number of carboxylic acid groups (broad SMARTS) is 1. The standard InChI is InChI=1S/C19H19NO6/c1-24-13-4-5-14(16(10-13)25-2)18(21)20-17(19(22)23)12-3-6-15-11(9-12)7-8-26-15/h3-6,9-10,17H,7-8H2,1-2H3,(H,20,21)(H,22,23). The number of ether oxygens (including phenoxy) is 3. The van der Waals surface area contributed by atoms with E-state index in [-0.39, 0.29) is 5.56 Å². The third-order valence-electron chi connectivity index (χ3n) is 4.22. The van der Waals surface area contributed by atoms with Gasteiger partial charge in [-0.2, -0.15) is 0 Å². The summed E-state index contributed by atoms with van der Waals surface area (Å²) in [4.78, 5) is 24.4. The monoisotopic (exact) mass is 357 g/mol. The Balaban J connectivity index is 1.87. The first-order chi connectivity index (χ1) is 12.5. The van der Waals surface area contributed by atoms with Crippen LogP contribution in [0.4, 0.5) is 0 Å². The van der Waals surface area contributed by atoms with Gasteiger partial charge in [0.1, 0.15) is 17.2 Å². The number of aliphatic carboxylic acids is 1. The second kappa shape index (κ2) is 7.35. The van der Waals surface area contributed by atoms with Crippen molar-refractivity contribution in [2.45, 2.75) is 12.5 Å². The zero-order chi connectivity index (χ0) is 18.7. The van der Waals surface area contributed by atoms with Crippen LogP contribution in [0.5, 0.6) is 17.2 Å². The second-order valence-corrected chi connectivity index (χ2v) is 5.78. The van der Waals surface area contributed by atoms with E-state index >= 15 is 0 Å². The SMILES string of the molecule is COc1ccc(C(=O)NC(C(=O)O)c2ccc3c(c2)CCO3)c(OC)c1.